The molecule has 3 aromatic rings. The number of nitrogens with two attached hydrogens (primary N) is 2. The normalized spacial score (nSPS) is 15.3. The third kappa shape index (κ3) is 3.38. The Labute approximate surface area is 177 Å². The molecule has 0 radical (unpaired) electrons. The summed E-state index contributed by atoms with van der Waals surface area (Å²) in [5, 5.41) is 13.7. The number of benzene rings is 2. The zero-order chi connectivity index (χ0) is 22.3. The lowest BCUT2D eigenvalue weighted by molar-refractivity contribution is 0.0995. The van der Waals surface area contributed by atoms with Gasteiger partial charge in [0.25, 0.3) is 5.91 Å². The molecule has 1 unspecified atom stereocenters. The summed E-state index contributed by atoms with van der Waals surface area (Å²) in [6.45, 7) is 2.20. The number of carbonyl (C=O) groups excluding carboxylic acids is 2. The van der Waals surface area contributed by atoms with Crippen LogP contribution in [0.15, 0.2) is 42.5 Å². The fourth-order valence-electron chi connectivity index (χ4n) is 3.95. The predicted molar refractivity (Wildman–Crippen MR) is 110 cm³/mol. The summed E-state index contributed by atoms with van der Waals surface area (Å²) >= 11 is 0. The summed E-state index contributed by atoms with van der Waals surface area (Å²) in [5.74, 6) is -1.09. The number of halogens is 1. The smallest absolute Gasteiger partial charge is 0.315 e. The van der Waals surface area contributed by atoms with Crippen LogP contribution in [0.2, 0.25) is 0 Å². The van der Waals surface area contributed by atoms with Gasteiger partial charge in [-0.05, 0) is 48.4 Å². The van der Waals surface area contributed by atoms with Gasteiger partial charge < -0.3 is 16.4 Å². The number of hydrogen-bond acceptors (Lipinski definition) is 4. The van der Waals surface area contributed by atoms with E-state index >= 15 is 0 Å². The van der Waals surface area contributed by atoms with Crippen LogP contribution in [0.5, 0.6) is 0 Å². The van der Waals surface area contributed by atoms with Crippen molar-refractivity contribution >= 4 is 11.9 Å². The minimum atomic E-state index is -0.719. The average Bonchev–Trinajstić information content (AvgIpc) is 3.15. The molecule has 9 heteroatoms. The Bertz CT molecular complexity index is 1240. The molecule has 3 amide bonds. The Morgan fingerprint density at radius 1 is 1.16 bits per heavy atom. The van der Waals surface area contributed by atoms with Gasteiger partial charge in [-0.3, -0.25) is 9.48 Å². The maximum Gasteiger partial charge on any atom is 0.315 e. The molecule has 0 bridgehead atoms. The second-order valence-electron chi connectivity index (χ2n) is 7.33. The van der Waals surface area contributed by atoms with Crippen LogP contribution in [0, 0.1) is 24.1 Å². The highest BCUT2D eigenvalue weighted by Crippen LogP contribution is 2.38. The summed E-state index contributed by atoms with van der Waals surface area (Å²) in [6, 6.07) is 11.8. The molecule has 31 heavy (non-hydrogen) atoms. The molecule has 0 aliphatic carbocycles. The van der Waals surface area contributed by atoms with Gasteiger partial charge >= 0.3 is 6.03 Å². The third-order valence-electron chi connectivity index (χ3n) is 5.43. The van der Waals surface area contributed by atoms with Crippen LogP contribution in [-0.2, 0) is 6.54 Å². The van der Waals surface area contributed by atoms with Crippen LogP contribution >= 0.6 is 0 Å². The van der Waals surface area contributed by atoms with Crippen LogP contribution in [0.1, 0.15) is 38.8 Å². The molecule has 0 fully saturated rings. The Morgan fingerprint density at radius 3 is 2.45 bits per heavy atom. The van der Waals surface area contributed by atoms with Crippen molar-refractivity contribution in [3.05, 3.63) is 76.2 Å². The molecule has 1 atom stereocenters. The van der Waals surface area contributed by atoms with E-state index in [4.69, 9.17) is 16.7 Å². The number of fused-ring (bicyclic) bond motifs is 1. The van der Waals surface area contributed by atoms with Gasteiger partial charge in [-0.1, -0.05) is 12.1 Å². The fraction of sp³-hybridized carbons (Fsp3) is 0.182. The number of rotatable bonds is 3. The first-order valence-electron chi connectivity index (χ1n) is 9.55. The van der Waals surface area contributed by atoms with Crippen molar-refractivity contribution in [3.63, 3.8) is 0 Å². The van der Waals surface area contributed by atoms with E-state index in [1.165, 1.54) is 17.0 Å². The molecule has 2 heterocycles. The number of urea groups is 1. The summed E-state index contributed by atoms with van der Waals surface area (Å²) in [4.78, 5) is 26.2. The number of nitriles is 1. The first-order chi connectivity index (χ1) is 14.8. The van der Waals surface area contributed by atoms with Gasteiger partial charge in [0, 0.05) is 12.1 Å². The molecular formula is C22H19FN6O2. The minimum Gasteiger partial charge on any atom is -0.365 e. The van der Waals surface area contributed by atoms with Crippen LogP contribution in [-0.4, -0.2) is 33.2 Å². The van der Waals surface area contributed by atoms with Gasteiger partial charge in [0.15, 0.2) is 0 Å². The highest BCUT2D eigenvalue weighted by atomic mass is 19.1. The Hall–Kier alpha value is -4.19. The molecule has 4 rings (SSSR count). The van der Waals surface area contributed by atoms with Crippen molar-refractivity contribution < 1.29 is 14.0 Å². The van der Waals surface area contributed by atoms with Crippen molar-refractivity contribution in [3.8, 4) is 17.3 Å². The average molecular weight is 418 g/mol. The summed E-state index contributed by atoms with van der Waals surface area (Å²) in [7, 11) is 0. The molecule has 4 N–H and O–H groups in total. The highest BCUT2D eigenvalue weighted by molar-refractivity contribution is 6.00. The zero-order valence-electron chi connectivity index (χ0n) is 16.7. The number of carbonyl (C=O) groups is 2. The van der Waals surface area contributed by atoms with E-state index in [9.17, 15) is 14.0 Å². The van der Waals surface area contributed by atoms with Gasteiger partial charge in [0.05, 0.1) is 29.4 Å². The number of nitrogens with zero attached hydrogens (tertiary/aromatic N) is 4. The highest BCUT2D eigenvalue weighted by Gasteiger charge is 2.37. The second-order valence-corrected chi connectivity index (χ2v) is 7.33. The Balaban J connectivity index is 1.96. The Morgan fingerprint density at radius 2 is 1.87 bits per heavy atom. The maximum atomic E-state index is 13.8. The van der Waals surface area contributed by atoms with Crippen LogP contribution in [0.4, 0.5) is 9.18 Å². The van der Waals surface area contributed by atoms with Crippen molar-refractivity contribution in [2.75, 3.05) is 6.54 Å². The molecule has 8 nitrogen and oxygen atoms in total. The van der Waals surface area contributed by atoms with Crippen LogP contribution < -0.4 is 11.5 Å². The molecule has 0 saturated heterocycles. The second kappa shape index (κ2) is 7.57. The lowest BCUT2D eigenvalue weighted by atomic mass is 9.94. The number of aromatic nitrogens is 2. The van der Waals surface area contributed by atoms with Gasteiger partial charge in [-0.2, -0.15) is 10.4 Å². The number of amides is 3. The van der Waals surface area contributed by atoms with Crippen molar-refractivity contribution in [2.24, 2.45) is 11.5 Å². The number of primary amides is 2. The molecule has 0 saturated carbocycles. The zero-order valence-corrected chi connectivity index (χ0v) is 16.7. The lowest BCUT2D eigenvalue weighted by Gasteiger charge is -2.35. The molecule has 0 spiro atoms. The third-order valence-corrected chi connectivity index (χ3v) is 5.43. The number of hydrogen-bond donors (Lipinski definition) is 2. The van der Waals surface area contributed by atoms with Gasteiger partial charge in [-0.25, -0.2) is 9.18 Å². The van der Waals surface area contributed by atoms with Crippen molar-refractivity contribution in [1.82, 2.24) is 14.7 Å². The lowest BCUT2D eigenvalue weighted by Crippen LogP contribution is -2.46. The minimum absolute atomic E-state index is 0.145. The topological polar surface area (TPSA) is 131 Å². The monoisotopic (exact) mass is 418 g/mol. The van der Waals surface area contributed by atoms with Gasteiger partial charge in [0.1, 0.15) is 17.6 Å². The van der Waals surface area contributed by atoms with E-state index in [1.54, 1.807) is 41.9 Å². The molecule has 1 aliphatic heterocycles. The molecule has 1 aliphatic rings. The molecular weight excluding hydrogens is 399 g/mol. The predicted octanol–water partition coefficient (Wildman–Crippen LogP) is 2.45. The quantitative estimate of drug-likeness (QED) is 0.676. The SMILES string of the molecule is Cc1cc(-c2nn3c(c2C(N)=O)C(c2ccc(C#N)cc2)N(C(N)=O)CC3)ccc1F. The first kappa shape index (κ1) is 20.1. The van der Waals surface area contributed by atoms with E-state index in [2.05, 4.69) is 5.10 Å². The first-order valence-corrected chi connectivity index (χ1v) is 9.55. The largest absolute Gasteiger partial charge is 0.365 e. The van der Waals surface area contributed by atoms with E-state index in [1.807, 2.05) is 6.07 Å². The fourth-order valence-corrected chi connectivity index (χ4v) is 3.95. The van der Waals surface area contributed by atoms with Crippen LogP contribution in [0.3, 0.4) is 0 Å². The number of aryl methyl sites for hydroxylation is 1. The van der Waals surface area contributed by atoms with E-state index in [0.29, 0.717) is 40.2 Å². The summed E-state index contributed by atoms with van der Waals surface area (Å²) < 4.78 is 15.4. The van der Waals surface area contributed by atoms with Crippen molar-refractivity contribution in [2.45, 2.75) is 19.5 Å². The molecule has 156 valence electrons. The van der Waals surface area contributed by atoms with Crippen LogP contribution in [0.25, 0.3) is 11.3 Å². The standard InChI is InChI=1S/C22H19FN6O2/c1-12-10-15(6-7-16(12)23)18-17(21(25)30)20-19(14-4-2-13(11-24)3-5-14)28(22(26)31)8-9-29(20)27-18/h2-7,10,19H,8-9H2,1H3,(H2,25,30)(H2,26,31). The molecule has 2 aromatic carbocycles. The maximum absolute atomic E-state index is 13.8. The summed E-state index contributed by atoms with van der Waals surface area (Å²) in [5.41, 5.74) is 14.3. The summed E-state index contributed by atoms with van der Waals surface area (Å²) in [6.07, 6.45) is 0. The van der Waals surface area contributed by atoms with Gasteiger partial charge in [0.2, 0.25) is 0 Å². The Kier molecular flexibility index (Phi) is 4.91. The van der Waals surface area contributed by atoms with E-state index in [0.717, 1.165) is 0 Å². The van der Waals surface area contributed by atoms with Crippen molar-refractivity contribution in [1.29, 1.82) is 5.26 Å². The van der Waals surface area contributed by atoms with E-state index in [-0.39, 0.29) is 17.9 Å². The molecule has 1 aromatic heterocycles. The van der Waals surface area contributed by atoms with Gasteiger partial charge in [-0.15, -0.1) is 0 Å². The van der Waals surface area contributed by atoms with E-state index < -0.39 is 18.0 Å².